The summed E-state index contributed by atoms with van der Waals surface area (Å²) in [4.78, 5) is 24.3. The number of hydrogen-bond acceptors (Lipinski definition) is 3. The van der Waals surface area contributed by atoms with Gasteiger partial charge < -0.3 is 5.11 Å². The molecule has 15 heavy (non-hydrogen) atoms. The molecule has 1 unspecified atom stereocenters. The summed E-state index contributed by atoms with van der Waals surface area (Å²) in [5.41, 5.74) is 0. The lowest BCUT2D eigenvalue weighted by atomic mass is 10.2. The first-order valence-corrected chi connectivity index (χ1v) is 5.66. The van der Waals surface area contributed by atoms with Crippen molar-refractivity contribution in [2.24, 2.45) is 0 Å². The molecule has 1 aliphatic rings. The molecule has 0 saturated carbocycles. The molecule has 4 heteroatoms. The molecule has 1 heterocycles. The van der Waals surface area contributed by atoms with E-state index in [1.54, 1.807) is 0 Å². The third-order valence-corrected chi connectivity index (χ3v) is 2.65. The standard InChI is InChI=1S/C11H19NO3/c1-2-5-9(13)8-12-10(14)6-3-4-7-11(12)15/h9,13H,2-8H2,1H3. The fraction of sp³-hybridized carbons (Fsp3) is 0.818. The minimum atomic E-state index is -0.569. The molecule has 1 N–H and O–H groups in total. The molecule has 1 rings (SSSR count). The molecule has 1 aliphatic heterocycles. The Kier molecular flexibility index (Phi) is 4.75. The van der Waals surface area contributed by atoms with Crippen LogP contribution in [0.3, 0.4) is 0 Å². The van der Waals surface area contributed by atoms with Gasteiger partial charge in [-0.25, -0.2) is 0 Å². The summed E-state index contributed by atoms with van der Waals surface area (Å²) >= 11 is 0. The molecule has 0 spiro atoms. The van der Waals surface area contributed by atoms with Crippen LogP contribution in [0.25, 0.3) is 0 Å². The Hall–Kier alpha value is -0.900. The zero-order chi connectivity index (χ0) is 11.3. The molecular formula is C11H19NO3. The van der Waals surface area contributed by atoms with Gasteiger partial charge in [-0.05, 0) is 19.3 Å². The fourth-order valence-corrected chi connectivity index (χ4v) is 1.80. The minimum absolute atomic E-state index is 0.132. The largest absolute Gasteiger partial charge is 0.391 e. The number of hydrogen-bond donors (Lipinski definition) is 1. The van der Waals surface area contributed by atoms with Crippen molar-refractivity contribution in [3.63, 3.8) is 0 Å². The number of aliphatic hydroxyl groups is 1. The molecule has 0 bridgehead atoms. The molecule has 2 amide bonds. The number of imide groups is 1. The smallest absolute Gasteiger partial charge is 0.229 e. The molecule has 0 aromatic heterocycles. The van der Waals surface area contributed by atoms with E-state index in [4.69, 9.17) is 0 Å². The highest BCUT2D eigenvalue weighted by Crippen LogP contribution is 2.13. The van der Waals surface area contributed by atoms with Crippen LogP contribution in [0.1, 0.15) is 45.4 Å². The summed E-state index contributed by atoms with van der Waals surface area (Å²) in [5.74, 6) is -0.264. The van der Waals surface area contributed by atoms with Gasteiger partial charge in [0.2, 0.25) is 11.8 Å². The maximum Gasteiger partial charge on any atom is 0.229 e. The van der Waals surface area contributed by atoms with Crippen molar-refractivity contribution >= 4 is 11.8 Å². The molecule has 1 saturated heterocycles. The lowest BCUT2D eigenvalue weighted by Gasteiger charge is -2.21. The summed E-state index contributed by atoms with van der Waals surface area (Å²) < 4.78 is 0. The predicted molar refractivity (Wildman–Crippen MR) is 56.1 cm³/mol. The summed E-state index contributed by atoms with van der Waals surface area (Å²) in [6, 6.07) is 0. The van der Waals surface area contributed by atoms with Gasteiger partial charge in [-0.2, -0.15) is 0 Å². The molecule has 0 aliphatic carbocycles. The van der Waals surface area contributed by atoms with Gasteiger partial charge in [0, 0.05) is 12.8 Å². The van der Waals surface area contributed by atoms with Gasteiger partial charge in [0.1, 0.15) is 0 Å². The van der Waals surface area contributed by atoms with Crippen LogP contribution in [-0.4, -0.2) is 34.5 Å². The normalized spacial score (nSPS) is 20.3. The maximum absolute atomic E-state index is 11.6. The van der Waals surface area contributed by atoms with Gasteiger partial charge >= 0.3 is 0 Å². The highest BCUT2D eigenvalue weighted by atomic mass is 16.3. The number of β-amino-alcohol motifs (C(OH)–C–C–N with tert-alkyl or cyclic N) is 1. The van der Waals surface area contributed by atoms with Crippen molar-refractivity contribution in [3.8, 4) is 0 Å². The van der Waals surface area contributed by atoms with Crippen LogP contribution in [0.15, 0.2) is 0 Å². The third-order valence-electron chi connectivity index (χ3n) is 2.65. The van der Waals surface area contributed by atoms with Crippen LogP contribution in [0.2, 0.25) is 0 Å². The molecule has 4 nitrogen and oxygen atoms in total. The summed E-state index contributed by atoms with van der Waals surface area (Å²) in [7, 11) is 0. The van der Waals surface area contributed by atoms with Gasteiger partial charge in [-0.3, -0.25) is 14.5 Å². The Bertz CT molecular complexity index is 222. The van der Waals surface area contributed by atoms with E-state index in [0.717, 1.165) is 19.3 Å². The Labute approximate surface area is 90.3 Å². The average Bonchev–Trinajstić information content (AvgIpc) is 2.33. The van der Waals surface area contributed by atoms with Crippen molar-refractivity contribution in [2.75, 3.05) is 6.54 Å². The van der Waals surface area contributed by atoms with Crippen LogP contribution < -0.4 is 0 Å². The van der Waals surface area contributed by atoms with E-state index in [-0.39, 0.29) is 18.4 Å². The first-order valence-electron chi connectivity index (χ1n) is 5.66. The van der Waals surface area contributed by atoms with Crippen molar-refractivity contribution in [1.82, 2.24) is 4.90 Å². The van der Waals surface area contributed by atoms with Gasteiger partial charge in [-0.15, -0.1) is 0 Å². The lowest BCUT2D eigenvalue weighted by molar-refractivity contribution is -0.145. The topological polar surface area (TPSA) is 57.6 Å². The monoisotopic (exact) mass is 213 g/mol. The van der Waals surface area contributed by atoms with E-state index >= 15 is 0 Å². The Morgan fingerprint density at radius 2 is 1.80 bits per heavy atom. The number of likely N-dealkylation sites (tertiary alicyclic amines) is 1. The number of aliphatic hydroxyl groups excluding tert-OH is 1. The second kappa shape index (κ2) is 5.85. The van der Waals surface area contributed by atoms with Crippen LogP contribution >= 0.6 is 0 Å². The quantitative estimate of drug-likeness (QED) is 0.711. The summed E-state index contributed by atoms with van der Waals surface area (Å²) in [6.45, 7) is 2.14. The average molecular weight is 213 g/mol. The van der Waals surface area contributed by atoms with Gasteiger partial charge in [-0.1, -0.05) is 13.3 Å². The molecule has 1 fully saturated rings. The first-order chi connectivity index (χ1) is 7.15. The predicted octanol–water partition coefficient (Wildman–Crippen LogP) is 1.08. The van der Waals surface area contributed by atoms with E-state index in [9.17, 15) is 14.7 Å². The number of rotatable bonds is 4. The number of carbonyl (C=O) groups is 2. The second-order valence-electron chi connectivity index (χ2n) is 4.05. The SMILES string of the molecule is CCCC(O)CN1C(=O)CCCCC1=O. The minimum Gasteiger partial charge on any atom is -0.391 e. The summed E-state index contributed by atoms with van der Waals surface area (Å²) in [6.07, 6.45) is 3.36. The van der Waals surface area contributed by atoms with Crippen LogP contribution in [0, 0.1) is 0 Å². The highest BCUT2D eigenvalue weighted by Gasteiger charge is 2.25. The van der Waals surface area contributed by atoms with E-state index < -0.39 is 6.10 Å². The van der Waals surface area contributed by atoms with E-state index in [0.29, 0.717) is 19.3 Å². The van der Waals surface area contributed by atoms with E-state index in [1.807, 2.05) is 6.92 Å². The van der Waals surface area contributed by atoms with Crippen molar-refractivity contribution in [1.29, 1.82) is 0 Å². The molecule has 0 aromatic carbocycles. The molecule has 0 aromatic rings. The molecular weight excluding hydrogens is 194 g/mol. The zero-order valence-electron chi connectivity index (χ0n) is 9.24. The van der Waals surface area contributed by atoms with Gasteiger partial charge in [0.25, 0.3) is 0 Å². The number of nitrogens with zero attached hydrogens (tertiary/aromatic N) is 1. The Balaban J connectivity index is 2.55. The Morgan fingerprint density at radius 1 is 1.27 bits per heavy atom. The van der Waals surface area contributed by atoms with Crippen molar-refractivity contribution in [3.05, 3.63) is 0 Å². The summed E-state index contributed by atoms with van der Waals surface area (Å²) in [5, 5.41) is 9.58. The molecule has 0 radical (unpaired) electrons. The van der Waals surface area contributed by atoms with Crippen molar-refractivity contribution in [2.45, 2.75) is 51.6 Å². The lowest BCUT2D eigenvalue weighted by Crippen LogP contribution is -2.40. The van der Waals surface area contributed by atoms with E-state index in [1.165, 1.54) is 4.90 Å². The highest BCUT2D eigenvalue weighted by molar-refractivity contribution is 5.96. The zero-order valence-corrected chi connectivity index (χ0v) is 9.24. The molecule has 86 valence electrons. The van der Waals surface area contributed by atoms with E-state index in [2.05, 4.69) is 0 Å². The first kappa shape index (κ1) is 12.2. The fourth-order valence-electron chi connectivity index (χ4n) is 1.80. The van der Waals surface area contributed by atoms with Crippen LogP contribution in [0.4, 0.5) is 0 Å². The third kappa shape index (κ3) is 3.63. The Morgan fingerprint density at radius 3 is 2.27 bits per heavy atom. The molecule has 1 atom stereocenters. The van der Waals surface area contributed by atoms with Gasteiger partial charge in [0.05, 0.1) is 12.6 Å². The second-order valence-corrected chi connectivity index (χ2v) is 4.05. The maximum atomic E-state index is 11.6. The van der Waals surface area contributed by atoms with Crippen LogP contribution in [0.5, 0.6) is 0 Å². The van der Waals surface area contributed by atoms with Crippen LogP contribution in [-0.2, 0) is 9.59 Å². The number of amides is 2. The number of carbonyl (C=O) groups excluding carboxylic acids is 2. The van der Waals surface area contributed by atoms with Crippen molar-refractivity contribution < 1.29 is 14.7 Å². The van der Waals surface area contributed by atoms with Gasteiger partial charge in [0.15, 0.2) is 0 Å².